The zero-order valence-corrected chi connectivity index (χ0v) is 15.4. The van der Waals surface area contributed by atoms with E-state index in [2.05, 4.69) is 5.10 Å². The Kier molecular flexibility index (Phi) is 4.03. The summed E-state index contributed by atoms with van der Waals surface area (Å²) in [6.45, 7) is 3.49. The third-order valence-corrected chi connectivity index (χ3v) is 5.80. The minimum atomic E-state index is -0.974. The highest BCUT2D eigenvalue weighted by molar-refractivity contribution is 7.20. The van der Waals surface area contributed by atoms with Crippen molar-refractivity contribution < 1.29 is 14.7 Å². The Morgan fingerprint density at radius 3 is 2.62 bits per heavy atom. The maximum absolute atomic E-state index is 13.0. The molecular formula is C19H19N3O3S. The molecule has 1 aromatic carbocycles. The fraction of sp³-hybridized carbons (Fsp3) is 0.316. The number of hydrogen-bond acceptors (Lipinski definition) is 4. The van der Waals surface area contributed by atoms with Gasteiger partial charge in [-0.3, -0.25) is 4.79 Å². The van der Waals surface area contributed by atoms with Crippen molar-refractivity contribution in [3.8, 4) is 5.69 Å². The molecule has 2 aromatic heterocycles. The predicted molar refractivity (Wildman–Crippen MR) is 100.0 cm³/mol. The quantitative estimate of drug-likeness (QED) is 0.747. The lowest BCUT2D eigenvalue weighted by atomic mass is 10.2. The number of aryl methyl sites for hydroxylation is 1. The van der Waals surface area contributed by atoms with Crippen LogP contribution in [0.5, 0.6) is 0 Å². The number of carbonyl (C=O) groups is 2. The zero-order chi connectivity index (χ0) is 18.4. The molecule has 7 heteroatoms. The molecule has 0 bridgehead atoms. The first kappa shape index (κ1) is 16.8. The number of carbonyl (C=O) groups excluding carboxylic acids is 1. The maximum atomic E-state index is 13.0. The molecule has 1 saturated carbocycles. The van der Waals surface area contributed by atoms with E-state index >= 15 is 0 Å². The Morgan fingerprint density at radius 2 is 2.00 bits per heavy atom. The fourth-order valence-corrected chi connectivity index (χ4v) is 4.28. The minimum absolute atomic E-state index is 0.0329. The summed E-state index contributed by atoms with van der Waals surface area (Å²) in [5.41, 5.74) is 1.79. The summed E-state index contributed by atoms with van der Waals surface area (Å²) in [4.78, 5) is 27.4. The number of para-hydroxylation sites is 1. The van der Waals surface area contributed by atoms with Crippen LogP contribution in [0.4, 0.5) is 0 Å². The van der Waals surface area contributed by atoms with E-state index in [0.29, 0.717) is 4.88 Å². The first-order chi connectivity index (χ1) is 12.5. The second-order valence-electron chi connectivity index (χ2n) is 6.62. The molecule has 4 rings (SSSR count). The molecule has 1 atom stereocenters. The van der Waals surface area contributed by atoms with Crippen LogP contribution in [0.1, 0.15) is 35.1 Å². The Hall–Kier alpha value is -2.67. The lowest BCUT2D eigenvalue weighted by Crippen LogP contribution is -2.44. The Morgan fingerprint density at radius 1 is 1.31 bits per heavy atom. The number of thiophene rings is 1. The highest BCUT2D eigenvalue weighted by atomic mass is 32.1. The molecule has 134 valence electrons. The molecule has 1 fully saturated rings. The number of aliphatic carboxylic acids is 1. The zero-order valence-electron chi connectivity index (χ0n) is 14.5. The molecule has 3 aromatic rings. The maximum Gasteiger partial charge on any atom is 0.326 e. The molecule has 0 saturated heterocycles. The van der Waals surface area contributed by atoms with Gasteiger partial charge in [0.05, 0.1) is 16.3 Å². The average Bonchev–Trinajstić information content (AvgIpc) is 3.28. The number of carboxylic acids is 1. The number of carboxylic acid groups (broad SMARTS) is 1. The summed E-state index contributed by atoms with van der Waals surface area (Å²) < 4.78 is 1.84. The Bertz CT molecular complexity index is 988. The first-order valence-electron chi connectivity index (χ1n) is 8.57. The molecule has 1 amide bonds. The van der Waals surface area contributed by atoms with Crippen molar-refractivity contribution in [3.05, 3.63) is 47.0 Å². The van der Waals surface area contributed by atoms with Crippen molar-refractivity contribution in [3.63, 3.8) is 0 Å². The number of benzene rings is 1. The van der Waals surface area contributed by atoms with Crippen molar-refractivity contribution in [2.45, 2.75) is 38.8 Å². The van der Waals surface area contributed by atoms with Crippen LogP contribution in [0.15, 0.2) is 36.4 Å². The third kappa shape index (κ3) is 2.78. The van der Waals surface area contributed by atoms with Crippen LogP contribution in [0, 0.1) is 6.92 Å². The van der Waals surface area contributed by atoms with E-state index in [0.717, 1.165) is 34.4 Å². The smallest absolute Gasteiger partial charge is 0.326 e. The number of hydrogen-bond donors (Lipinski definition) is 1. The number of amides is 1. The monoisotopic (exact) mass is 369 g/mol. The second kappa shape index (κ2) is 6.25. The molecule has 2 heterocycles. The molecule has 1 aliphatic carbocycles. The highest BCUT2D eigenvalue weighted by Gasteiger charge is 2.39. The van der Waals surface area contributed by atoms with Crippen molar-refractivity contribution >= 4 is 33.4 Å². The first-order valence-corrected chi connectivity index (χ1v) is 9.39. The minimum Gasteiger partial charge on any atom is -0.480 e. The van der Waals surface area contributed by atoms with Gasteiger partial charge >= 0.3 is 5.97 Å². The molecule has 0 radical (unpaired) electrons. The average molecular weight is 369 g/mol. The normalized spacial score (nSPS) is 15.2. The van der Waals surface area contributed by atoms with Crippen molar-refractivity contribution in [1.82, 2.24) is 14.7 Å². The molecule has 6 nitrogen and oxygen atoms in total. The van der Waals surface area contributed by atoms with Gasteiger partial charge in [0.2, 0.25) is 0 Å². The molecule has 0 spiro atoms. The van der Waals surface area contributed by atoms with Crippen molar-refractivity contribution in [1.29, 1.82) is 0 Å². The van der Waals surface area contributed by atoms with Gasteiger partial charge in [-0.2, -0.15) is 5.10 Å². The molecule has 26 heavy (non-hydrogen) atoms. The number of rotatable bonds is 5. The SMILES string of the molecule is Cc1nn(-c2ccccc2)c2sc(C(=O)N(C3CC3)C(C)C(=O)O)cc12. The molecule has 1 aliphatic rings. The fourth-order valence-electron chi connectivity index (χ4n) is 3.15. The van der Waals surface area contributed by atoms with Crippen LogP contribution in [-0.2, 0) is 4.79 Å². The summed E-state index contributed by atoms with van der Waals surface area (Å²) in [6, 6.07) is 10.8. The van der Waals surface area contributed by atoms with Gasteiger partial charge in [-0.05, 0) is 44.9 Å². The third-order valence-electron chi connectivity index (χ3n) is 4.71. The lowest BCUT2D eigenvalue weighted by molar-refractivity contribution is -0.141. The number of fused-ring (bicyclic) bond motifs is 1. The van der Waals surface area contributed by atoms with E-state index in [1.807, 2.05) is 48.0 Å². The van der Waals surface area contributed by atoms with E-state index in [-0.39, 0.29) is 11.9 Å². The van der Waals surface area contributed by atoms with Crippen molar-refractivity contribution in [2.75, 3.05) is 0 Å². The summed E-state index contributed by atoms with van der Waals surface area (Å²) in [7, 11) is 0. The van der Waals surface area contributed by atoms with Crippen LogP contribution in [0.25, 0.3) is 15.9 Å². The summed E-state index contributed by atoms with van der Waals surface area (Å²) in [5.74, 6) is -1.18. The summed E-state index contributed by atoms with van der Waals surface area (Å²) >= 11 is 1.37. The Balaban J connectivity index is 1.76. The number of aromatic nitrogens is 2. The van der Waals surface area contributed by atoms with E-state index in [1.54, 1.807) is 6.92 Å². The van der Waals surface area contributed by atoms with E-state index in [1.165, 1.54) is 16.2 Å². The van der Waals surface area contributed by atoms with Gasteiger partial charge < -0.3 is 10.0 Å². The van der Waals surface area contributed by atoms with E-state index < -0.39 is 12.0 Å². The van der Waals surface area contributed by atoms with E-state index in [4.69, 9.17) is 0 Å². The topological polar surface area (TPSA) is 75.4 Å². The Labute approximate surface area is 154 Å². The van der Waals surface area contributed by atoms with Gasteiger partial charge in [-0.1, -0.05) is 18.2 Å². The largest absolute Gasteiger partial charge is 0.480 e. The van der Waals surface area contributed by atoms with Gasteiger partial charge in [0.25, 0.3) is 5.91 Å². The van der Waals surface area contributed by atoms with Crippen LogP contribution in [0.3, 0.4) is 0 Å². The van der Waals surface area contributed by atoms with E-state index in [9.17, 15) is 14.7 Å². The van der Waals surface area contributed by atoms with Gasteiger partial charge in [0.15, 0.2) is 0 Å². The lowest BCUT2D eigenvalue weighted by Gasteiger charge is -2.25. The summed E-state index contributed by atoms with van der Waals surface area (Å²) in [5, 5.41) is 14.9. The van der Waals surface area contributed by atoms with Gasteiger partial charge in [0, 0.05) is 11.4 Å². The molecular weight excluding hydrogens is 350 g/mol. The predicted octanol–water partition coefficient (Wildman–Crippen LogP) is 3.47. The van der Waals surface area contributed by atoms with Gasteiger partial charge in [-0.15, -0.1) is 11.3 Å². The number of nitrogens with zero attached hydrogens (tertiary/aromatic N) is 3. The molecule has 1 N–H and O–H groups in total. The second-order valence-corrected chi connectivity index (χ2v) is 7.65. The van der Waals surface area contributed by atoms with Crippen molar-refractivity contribution in [2.24, 2.45) is 0 Å². The van der Waals surface area contributed by atoms with Gasteiger partial charge in [-0.25, -0.2) is 9.48 Å². The standard InChI is InChI=1S/C19H19N3O3S/c1-11-15-10-16(17(23)21(13-8-9-13)12(2)19(24)25)26-18(15)22(20-11)14-6-4-3-5-7-14/h3-7,10,12-13H,8-9H2,1-2H3,(H,24,25). The highest BCUT2D eigenvalue weighted by Crippen LogP contribution is 2.35. The van der Waals surface area contributed by atoms with Gasteiger partial charge in [0.1, 0.15) is 10.9 Å². The molecule has 0 aliphatic heterocycles. The van der Waals surface area contributed by atoms with Crippen LogP contribution in [-0.4, -0.2) is 43.7 Å². The van der Waals surface area contributed by atoms with Crippen LogP contribution < -0.4 is 0 Å². The van der Waals surface area contributed by atoms with Crippen LogP contribution >= 0.6 is 11.3 Å². The summed E-state index contributed by atoms with van der Waals surface area (Å²) in [6.07, 6.45) is 1.73. The van der Waals surface area contributed by atoms with Crippen LogP contribution in [0.2, 0.25) is 0 Å². The molecule has 1 unspecified atom stereocenters.